The van der Waals surface area contributed by atoms with E-state index in [0.717, 1.165) is 44.9 Å². The van der Waals surface area contributed by atoms with Crippen molar-refractivity contribution in [1.29, 1.82) is 0 Å². The molecule has 0 saturated carbocycles. The second-order valence-electron chi connectivity index (χ2n) is 5.53. The first kappa shape index (κ1) is 19.7. The average molecular weight is 425 g/mol. The molecule has 0 radical (unpaired) electrons. The van der Waals surface area contributed by atoms with Crippen molar-refractivity contribution in [1.82, 2.24) is 10.2 Å². The fourth-order valence-corrected chi connectivity index (χ4v) is 2.70. The maximum Gasteiger partial charge on any atom is 0.193 e. The second kappa shape index (κ2) is 11.3. The Kier molecular flexibility index (Phi) is 9.67. The molecule has 1 saturated heterocycles. The molecule has 0 spiro atoms. The van der Waals surface area contributed by atoms with E-state index < -0.39 is 0 Å². The Morgan fingerprint density at radius 3 is 2.52 bits per heavy atom. The largest absolute Gasteiger partial charge is 0.356 e. The number of nitrogens with one attached hydrogen (secondary N) is 1. The summed E-state index contributed by atoms with van der Waals surface area (Å²) in [6, 6.07) is 10.6. The van der Waals surface area contributed by atoms with Crippen molar-refractivity contribution in [2.24, 2.45) is 4.99 Å². The molecule has 1 heterocycles. The van der Waals surface area contributed by atoms with E-state index in [4.69, 9.17) is 0 Å². The Bertz CT molecular complexity index is 525. The van der Waals surface area contributed by atoms with Crippen LogP contribution in [0.5, 0.6) is 0 Å². The number of hydrogen-bond acceptors (Lipinski definition) is 1. The maximum absolute atomic E-state index is 4.41. The molecule has 0 amide bonds. The molecule has 1 aromatic rings. The lowest BCUT2D eigenvalue weighted by Gasteiger charge is -2.31. The minimum Gasteiger partial charge on any atom is -0.356 e. The summed E-state index contributed by atoms with van der Waals surface area (Å²) in [5.74, 6) is 1.03. The molecule has 0 aromatic heterocycles. The minimum absolute atomic E-state index is 0. The summed E-state index contributed by atoms with van der Waals surface area (Å²) >= 11 is 0. The lowest BCUT2D eigenvalue weighted by atomic mass is 10.0. The molecule has 1 aromatic carbocycles. The summed E-state index contributed by atoms with van der Waals surface area (Å²) in [6.45, 7) is 5.09. The molecule has 0 aliphatic carbocycles. The van der Waals surface area contributed by atoms with E-state index in [2.05, 4.69) is 70.7 Å². The van der Waals surface area contributed by atoms with E-state index in [9.17, 15) is 0 Å². The SMILES string of the molecule is C/C=C/CCNC(=NC)N1CCC(=Cc2ccccc2)CC1.I. The van der Waals surface area contributed by atoms with Crippen molar-refractivity contribution in [3.05, 3.63) is 53.6 Å². The van der Waals surface area contributed by atoms with E-state index in [1.54, 1.807) is 0 Å². The zero-order valence-corrected chi connectivity index (χ0v) is 16.5. The third kappa shape index (κ3) is 6.77. The predicted molar refractivity (Wildman–Crippen MR) is 111 cm³/mol. The van der Waals surface area contributed by atoms with Crippen LogP contribution in [0.1, 0.15) is 31.7 Å². The van der Waals surface area contributed by atoms with Crippen molar-refractivity contribution in [3.8, 4) is 0 Å². The lowest BCUT2D eigenvalue weighted by molar-refractivity contribution is 0.376. The van der Waals surface area contributed by atoms with Gasteiger partial charge in [-0.15, -0.1) is 24.0 Å². The summed E-state index contributed by atoms with van der Waals surface area (Å²) in [5, 5.41) is 3.44. The standard InChI is InChI=1S/C19H27N3.HI/c1-3-4-8-13-21-19(20-2)22-14-11-18(12-15-22)16-17-9-6-5-7-10-17;/h3-7,9-10,16H,8,11-15H2,1-2H3,(H,20,21);1H/b4-3+;. The van der Waals surface area contributed by atoms with Gasteiger partial charge in [0, 0.05) is 26.7 Å². The van der Waals surface area contributed by atoms with Crippen LogP contribution in [-0.4, -0.2) is 37.5 Å². The van der Waals surface area contributed by atoms with Crippen molar-refractivity contribution in [3.63, 3.8) is 0 Å². The van der Waals surface area contributed by atoms with Crippen LogP contribution in [0.25, 0.3) is 6.08 Å². The predicted octanol–water partition coefficient (Wildman–Crippen LogP) is 4.33. The summed E-state index contributed by atoms with van der Waals surface area (Å²) in [6.07, 6.45) is 9.88. The summed E-state index contributed by atoms with van der Waals surface area (Å²) < 4.78 is 0. The zero-order valence-electron chi connectivity index (χ0n) is 14.2. The van der Waals surface area contributed by atoms with Gasteiger partial charge in [0.25, 0.3) is 0 Å². The molecule has 2 rings (SSSR count). The number of aliphatic imine (C=N–C) groups is 1. The first-order valence-electron chi connectivity index (χ1n) is 8.14. The van der Waals surface area contributed by atoms with E-state index in [1.165, 1.54) is 11.1 Å². The summed E-state index contributed by atoms with van der Waals surface area (Å²) in [7, 11) is 1.87. The molecule has 1 N–H and O–H groups in total. The van der Waals surface area contributed by atoms with Crippen LogP contribution < -0.4 is 5.32 Å². The monoisotopic (exact) mass is 425 g/mol. The van der Waals surface area contributed by atoms with Crippen LogP contribution in [0.15, 0.2) is 53.0 Å². The van der Waals surface area contributed by atoms with E-state index in [0.29, 0.717) is 0 Å². The van der Waals surface area contributed by atoms with Gasteiger partial charge in [0.05, 0.1) is 0 Å². The quantitative estimate of drug-likeness (QED) is 0.256. The molecule has 1 aliphatic heterocycles. The smallest absolute Gasteiger partial charge is 0.193 e. The van der Waals surface area contributed by atoms with E-state index >= 15 is 0 Å². The van der Waals surface area contributed by atoms with Crippen LogP contribution in [-0.2, 0) is 0 Å². The normalized spacial score (nSPS) is 15.5. The van der Waals surface area contributed by atoms with Crippen LogP contribution in [0.3, 0.4) is 0 Å². The lowest BCUT2D eigenvalue weighted by Crippen LogP contribution is -2.44. The molecular formula is C19H28IN3. The highest BCUT2D eigenvalue weighted by Crippen LogP contribution is 2.19. The average Bonchev–Trinajstić information content (AvgIpc) is 2.57. The number of rotatable bonds is 4. The van der Waals surface area contributed by atoms with Gasteiger partial charge in [0.1, 0.15) is 0 Å². The molecule has 1 fully saturated rings. The van der Waals surface area contributed by atoms with Crippen molar-refractivity contribution < 1.29 is 0 Å². The highest BCUT2D eigenvalue weighted by Gasteiger charge is 2.16. The van der Waals surface area contributed by atoms with Gasteiger partial charge >= 0.3 is 0 Å². The fraction of sp³-hybridized carbons (Fsp3) is 0.421. The number of nitrogens with zero attached hydrogens (tertiary/aromatic N) is 2. The van der Waals surface area contributed by atoms with Gasteiger partial charge < -0.3 is 10.2 Å². The van der Waals surface area contributed by atoms with Crippen LogP contribution in [0.4, 0.5) is 0 Å². The van der Waals surface area contributed by atoms with Gasteiger partial charge in [-0.3, -0.25) is 4.99 Å². The molecular weight excluding hydrogens is 397 g/mol. The third-order valence-corrected chi connectivity index (χ3v) is 3.92. The first-order chi connectivity index (χ1) is 10.8. The number of halogens is 1. The van der Waals surface area contributed by atoms with Gasteiger partial charge in [0.2, 0.25) is 0 Å². The Hall–Kier alpha value is -1.30. The molecule has 0 atom stereocenters. The van der Waals surface area contributed by atoms with Crippen LogP contribution >= 0.6 is 24.0 Å². The maximum atomic E-state index is 4.41. The molecule has 3 nitrogen and oxygen atoms in total. The van der Waals surface area contributed by atoms with Crippen molar-refractivity contribution >= 4 is 36.0 Å². The van der Waals surface area contributed by atoms with Crippen LogP contribution in [0, 0.1) is 0 Å². The fourth-order valence-electron chi connectivity index (χ4n) is 2.70. The summed E-state index contributed by atoms with van der Waals surface area (Å²) in [5.41, 5.74) is 2.84. The topological polar surface area (TPSA) is 27.6 Å². The van der Waals surface area contributed by atoms with E-state index in [1.807, 2.05) is 7.05 Å². The third-order valence-electron chi connectivity index (χ3n) is 3.92. The number of guanidine groups is 1. The molecule has 23 heavy (non-hydrogen) atoms. The number of hydrogen-bond donors (Lipinski definition) is 1. The molecule has 126 valence electrons. The molecule has 0 unspecified atom stereocenters. The van der Waals surface area contributed by atoms with Gasteiger partial charge in [-0.05, 0) is 31.7 Å². The molecule has 4 heteroatoms. The van der Waals surface area contributed by atoms with Crippen LogP contribution in [0.2, 0.25) is 0 Å². The number of benzene rings is 1. The van der Waals surface area contributed by atoms with Gasteiger partial charge in [-0.1, -0.05) is 54.1 Å². The highest BCUT2D eigenvalue weighted by molar-refractivity contribution is 14.0. The van der Waals surface area contributed by atoms with Gasteiger partial charge in [-0.2, -0.15) is 0 Å². The molecule has 1 aliphatic rings. The number of allylic oxidation sites excluding steroid dienone is 1. The van der Waals surface area contributed by atoms with E-state index in [-0.39, 0.29) is 24.0 Å². The Balaban J connectivity index is 0.00000264. The second-order valence-corrected chi connectivity index (χ2v) is 5.53. The Labute approximate surface area is 157 Å². The minimum atomic E-state index is 0. The molecule has 0 bridgehead atoms. The Morgan fingerprint density at radius 1 is 1.22 bits per heavy atom. The highest BCUT2D eigenvalue weighted by atomic mass is 127. The number of likely N-dealkylation sites (tertiary alicyclic amines) is 1. The zero-order chi connectivity index (χ0) is 15.6. The Morgan fingerprint density at radius 2 is 1.91 bits per heavy atom. The van der Waals surface area contributed by atoms with Crippen molar-refractivity contribution in [2.45, 2.75) is 26.2 Å². The van der Waals surface area contributed by atoms with Gasteiger partial charge in [0.15, 0.2) is 5.96 Å². The first-order valence-corrected chi connectivity index (χ1v) is 8.14. The number of piperidine rings is 1. The summed E-state index contributed by atoms with van der Waals surface area (Å²) in [4.78, 5) is 6.77. The van der Waals surface area contributed by atoms with Crippen molar-refractivity contribution in [2.75, 3.05) is 26.7 Å². The van der Waals surface area contributed by atoms with Gasteiger partial charge in [-0.25, -0.2) is 0 Å².